The summed E-state index contributed by atoms with van der Waals surface area (Å²) in [6.07, 6.45) is 3.31. The van der Waals surface area contributed by atoms with Crippen molar-refractivity contribution in [3.63, 3.8) is 0 Å². The van der Waals surface area contributed by atoms with Gasteiger partial charge in [-0.15, -0.1) is 0 Å². The number of benzene rings is 1. The molecule has 98 valence electrons. The topological polar surface area (TPSA) is 61.5 Å². The first-order valence-corrected chi connectivity index (χ1v) is 6.31. The quantitative estimate of drug-likeness (QED) is 0.834. The molecule has 2 N–H and O–H groups in total. The molecule has 0 spiro atoms. The van der Waals surface area contributed by atoms with E-state index in [1.807, 2.05) is 0 Å². The zero-order valence-corrected chi connectivity index (χ0v) is 11.0. The molecule has 1 saturated carbocycles. The number of carbonyl (C=O) groups is 1. The van der Waals surface area contributed by atoms with Crippen LogP contribution in [0.2, 0.25) is 5.02 Å². The van der Waals surface area contributed by atoms with Crippen molar-refractivity contribution in [2.24, 2.45) is 5.73 Å². The lowest BCUT2D eigenvalue weighted by Gasteiger charge is -2.28. The standard InChI is InChI=1S/C13H16ClNO3/c1-17-12-6-8(14)5-10(11(16)7-15)13(12)18-9-3-2-4-9/h5-6,9H,2-4,7,15H2,1H3. The normalized spacial score (nSPS) is 15.1. The lowest BCUT2D eigenvalue weighted by Crippen LogP contribution is -2.26. The van der Waals surface area contributed by atoms with Crippen LogP contribution in [0.5, 0.6) is 11.5 Å². The minimum atomic E-state index is -0.204. The molecule has 4 nitrogen and oxygen atoms in total. The van der Waals surface area contributed by atoms with E-state index < -0.39 is 0 Å². The Morgan fingerprint density at radius 3 is 2.72 bits per heavy atom. The van der Waals surface area contributed by atoms with Gasteiger partial charge in [0.15, 0.2) is 17.3 Å². The molecule has 0 atom stereocenters. The Balaban J connectivity index is 2.39. The number of methoxy groups -OCH3 is 1. The Labute approximate surface area is 111 Å². The van der Waals surface area contributed by atoms with E-state index in [0.29, 0.717) is 22.1 Å². The maximum absolute atomic E-state index is 11.8. The van der Waals surface area contributed by atoms with Gasteiger partial charge in [0.1, 0.15) is 0 Å². The highest BCUT2D eigenvalue weighted by molar-refractivity contribution is 6.31. The van der Waals surface area contributed by atoms with Crippen molar-refractivity contribution in [2.45, 2.75) is 25.4 Å². The highest BCUT2D eigenvalue weighted by atomic mass is 35.5. The van der Waals surface area contributed by atoms with E-state index in [4.69, 9.17) is 26.8 Å². The summed E-state index contributed by atoms with van der Waals surface area (Å²) < 4.78 is 11.0. The smallest absolute Gasteiger partial charge is 0.180 e. The fraction of sp³-hybridized carbons (Fsp3) is 0.462. The number of halogens is 1. The number of hydrogen-bond acceptors (Lipinski definition) is 4. The van der Waals surface area contributed by atoms with Crippen LogP contribution in [0.1, 0.15) is 29.6 Å². The van der Waals surface area contributed by atoms with Crippen LogP contribution in [-0.4, -0.2) is 25.5 Å². The number of carbonyl (C=O) groups excluding carboxylic acids is 1. The monoisotopic (exact) mass is 269 g/mol. The third kappa shape index (κ3) is 2.60. The van der Waals surface area contributed by atoms with Crippen LogP contribution in [-0.2, 0) is 0 Å². The van der Waals surface area contributed by atoms with Crippen LogP contribution < -0.4 is 15.2 Å². The number of hydrogen-bond donors (Lipinski definition) is 1. The summed E-state index contributed by atoms with van der Waals surface area (Å²) >= 11 is 5.96. The fourth-order valence-corrected chi connectivity index (χ4v) is 2.02. The molecule has 1 fully saturated rings. The molecule has 0 heterocycles. The van der Waals surface area contributed by atoms with Crippen LogP contribution >= 0.6 is 11.6 Å². The van der Waals surface area contributed by atoms with Crippen molar-refractivity contribution in [3.8, 4) is 11.5 Å². The summed E-state index contributed by atoms with van der Waals surface area (Å²) in [6, 6.07) is 3.22. The van der Waals surface area contributed by atoms with Crippen molar-refractivity contribution in [3.05, 3.63) is 22.7 Å². The summed E-state index contributed by atoms with van der Waals surface area (Å²) in [5.74, 6) is 0.735. The summed E-state index contributed by atoms with van der Waals surface area (Å²) in [6.45, 7) is -0.0788. The molecule has 2 rings (SSSR count). The second-order valence-corrected chi connectivity index (χ2v) is 4.72. The number of Topliss-reactive ketones (excluding diaryl/α,β-unsaturated/α-hetero) is 1. The van der Waals surface area contributed by atoms with Gasteiger partial charge in [0.25, 0.3) is 0 Å². The molecule has 1 aromatic rings. The van der Waals surface area contributed by atoms with Crippen molar-refractivity contribution >= 4 is 17.4 Å². The summed E-state index contributed by atoms with van der Waals surface area (Å²) in [7, 11) is 1.52. The number of ether oxygens (including phenoxy) is 2. The van der Waals surface area contributed by atoms with Crippen LogP contribution in [0.15, 0.2) is 12.1 Å². The Bertz CT molecular complexity index is 458. The first kappa shape index (κ1) is 13.2. The molecule has 0 radical (unpaired) electrons. The molecule has 0 aliphatic heterocycles. The Morgan fingerprint density at radius 2 is 2.22 bits per heavy atom. The van der Waals surface area contributed by atoms with Crippen LogP contribution in [0.4, 0.5) is 0 Å². The second kappa shape index (κ2) is 5.59. The first-order valence-electron chi connectivity index (χ1n) is 5.93. The minimum Gasteiger partial charge on any atom is -0.493 e. The van der Waals surface area contributed by atoms with Gasteiger partial charge in [-0.05, 0) is 25.3 Å². The van der Waals surface area contributed by atoms with Crippen molar-refractivity contribution in [1.29, 1.82) is 0 Å². The molecule has 0 unspecified atom stereocenters. The summed E-state index contributed by atoms with van der Waals surface area (Å²) in [5, 5.41) is 0.435. The maximum Gasteiger partial charge on any atom is 0.180 e. The SMILES string of the molecule is COc1cc(Cl)cc(C(=O)CN)c1OC1CCC1. The molecule has 1 aromatic carbocycles. The number of rotatable bonds is 5. The zero-order valence-electron chi connectivity index (χ0n) is 10.2. The molecule has 0 bridgehead atoms. The van der Waals surface area contributed by atoms with Crippen molar-refractivity contribution < 1.29 is 14.3 Å². The molecule has 18 heavy (non-hydrogen) atoms. The molecule has 0 saturated heterocycles. The van der Waals surface area contributed by atoms with E-state index in [9.17, 15) is 4.79 Å². The van der Waals surface area contributed by atoms with Crippen LogP contribution in [0, 0.1) is 0 Å². The van der Waals surface area contributed by atoms with Crippen LogP contribution in [0.3, 0.4) is 0 Å². The molecule has 5 heteroatoms. The third-order valence-corrected chi connectivity index (χ3v) is 3.28. The van der Waals surface area contributed by atoms with Gasteiger partial charge in [-0.1, -0.05) is 11.6 Å². The molecular weight excluding hydrogens is 254 g/mol. The van der Waals surface area contributed by atoms with Gasteiger partial charge in [-0.25, -0.2) is 0 Å². The number of nitrogens with two attached hydrogens (primary N) is 1. The van der Waals surface area contributed by atoms with E-state index in [1.165, 1.54) is 7.11 Å². The average Bonchev–Trinajstić information content (AvgIpc) is 2.32. The van der Waals surface area contributed by atoms with Gasteiger partial charge in [-0.2, -0.15) is 0 Å². The average molecular weight is 270 g/mol. The van der Waals surface area contributed by atoms with Gasteiger partial charge in [-0.3, -0.25) is 4.79 Å². The molecule has 0 aromatic heterocycles. The summed E-state index contributed by atoms with van der Waals surface area (Å²) in [4.78, 5) is 11.8. The highest BCUT2D eigenvalue weighted by Crippen LogP contribution is 2.38. The van der Waals surface area contributed by atoms with E-state index in [-0.39, 0.29) is 18.4 Å². The van der Waals surface area contributed by atoms with Gasteiger partial charge >= 0.3 is 0 Å². The molecule has 0 amide bonds. The lowest BCUT2D eigenvalue weighted by atomic mass is 9.96. The Hall–Kier alpha value is -1.26. The molecular formula is C13H16ClNO3. The van der Waals surface area contributed by atoms with Gasteiger partial charge in [0.05, 0.1) is 25.3 Å². The predicted molar refractivity (Wildman–Crippen MR) is 69.7 cm³/mol. The van der Waals surface area contributed by atoms with Crippen LogP contribution in [0.25, 0.3) is 0 Å². The van der Waals surface area contributed by atoms with Gasteiger partial charge in [0.2, 0.25) is 0 Å². The van der Waals surface area contributed by atoms with Crippen molar-refractivity contribution in [2.75, 3.05) is 13.7 Å². The third-order valence-electron chi connectivity index (χ3n) is 3.06. The van der Waals surface area contributed by atoms with Crippen molar-refractivity contribution in [1.82, 2.24) is 0 Å². The van der Waals surface area contributed by atoms with E-state index in [0.717, 1.165) is 19.3 Å². The van der Waals surface area contributed by atoms with E-state index in [2.05, 4.69) is 0 Å². The first-order chi connectivity index (χ1) is 8.65. The fourth-order valence-electron chi connectivity index (χ4n) is 1.81. The zero-order chi connectivity index (χ0) is 13.1. The van der Waals surface area contributed by atoms with E-state index >= 15 is 0 Å². The molecule has 1 aliphatic rings. The number of ketones is 1. The summed E-state index contributed by atoms with van der Waals surface area (Å²) in [5.41, 5.74) is 5.80. The highest BCUT2D eigenvalue weighted by Gasteiger charge is 2.25. The lowest BCUT2D eigenvalue weighted by molar-refractivity contribution is 0.0965. The second-order valence-electron chi connectivity index (χ2n) is 4.28. The maximum atomic E-state index is 11.8. The Kier molecular flexibility index (Phi) is 4.09. The minimum absolute atomic E-state index is 0.0788. The van der Waals surface area contributed by atoms with Gasteiger partial charge in [0, 0.05) is 11.1 Å². The largest absolute Gasteiger partial charge is 0.493 e. The van der Waals surface area contributed by atoms with Gasteiger partial charge < -0.3 is 15.2 Å². The predicted octanol–water partition coefficient (Wildman–Crippen LogP) is 2.42. The molecule has 1 aliphatic carbocycles. The Morgan fingerprint density at radius 1 is 1.50 bits per heavy atom. The van der Waals surface area contributed by atoms with E-state index in [1.54, 1.807) is 12.1 Å².